The lowest BCUT2D eigenvalue weighted by molar-refractivity contribution is 0.170. The van der Waals surface area contributed by atoms with Crippen LogP contribution in [0.15, 0.2) is 18.2 Å². The predicted molar refractivity (Wildman–Crippen MR) is 82.7 cm³/mol. The van der Waals surface area contributed by atoms with Crippen molar-refractivity contribution in [1.82, 2.24) is 4.90 Å². The molecular weight excluding hydrogens is 253 g/mol. The van der Waals surface area contributed by atoms with Crippen LogP contribution in [0.4, 0.5) is 10.1 Å². The van der Waals surface area contributed by atoms with Gasteiger partial charge in [0.05, 0.1) is 0 Å². The van der Waals surface area contributed by atoms with Crippen molar-refractivity contribution >= 4 is 5.69 Å². The Hall–Kier alpha value is -1.13. The fourth-order valence-corrected chi connectivity index (χ4v) is 2.97. The van der Waals surface area contributed by atoms with Gasteiger partial charge < -0.3 is 10.6 Å². The average molecular weight is 279 g/mol. The Morgan fingerprint density at radius 2 is 1.90 bits per heavy atom. The highest BCUT2D eigenvalue weighted by atomic mass is 19.1. The maximum Gasteiger partial charge on any atom is 0.123 e. The van der Waals surface area contributed by atoms with Crippen LogP contribution in [0.25, 0.3) is 0 Å². The molecule has 20 heavy (non-hydrogen) atoms. The van der Waals surface area contributed by atoms with E-state index in [2.05, 4.69) is 30.7 Å². The van der Waals surface area contributed by atoms with Crippen molar-refractivity contribution < 1.29 is 4.39 Å². The molecular formula is C16H26FN3. The van der Waals surface area contributed by atoms with Crippen molar-refractivity contribution in [3.63, 3.8) is 0 Å². The Morgan fingerprint density at radius 1 is 1.30 bits per heavy atom. The first-order valence-corrected chi connectivity index (χ1v) is 7.39. The minimum absolute atomic E-state index is 0.0397. The van der Waals surface area contributed by atoms with Crippen LogP contribution in [0.5, 0.6) is 0 Å². The Labute approximate surface area is 121 Å². The number of benzene rings is 1. The van der Waals surface area contributed by atoms with Gasteiger partial charge in [-0.15, -0.1) is 0 Å². The third kappa shape index (κ3) is 3.30. The van der Waals surface area contributed by atoms with E-state index in [0.717, 1.165) is 24.3 Å². The molecule has 0 aromatic heterocycles. The summed E-state index contributed by atoms with van der Waals surface area (Å²) in [6.07, 6.45) is 0.711. The molecule has 1 aromatic carbocycles. The minimum Gasteiger partial charge on any atom is -0.368 e. The molecule has 1 aliphatic heterocycles. The zero-order valence-corrected chi connectivity index (χ0v) is 12.9. The van der Waals surface area contributed by atoms with Gasteiger partial charge in [0.1, 0.15) is 5.82 Å². The fourth-order valence-electron chi connectivity index (χ4n) is 2.97. The topological polar surface area (TPSA) is 32.5 Å². The highest BCUT2D eigenvalue weighted by Gasteiger charge is 2.27. The van der Waals surface area contributed by atoms with E-state index < -0.39 is 0 Å². The highest BCUT2D eigenvalue weighted by Crippen LogP contribution is 2.27. The van der Waals surface area contributed by atoms with Crippen molar-refractivity contribution in [3.8, 4) is 0 Å². The largest absolute Gasteiger partial charge is 0.368 e. The standard InChI is InChI=1S/C16H26FN3/c1-11(18)7-14-8-15(17)5-6-16(14)20-9-12(2)19(4)13(3)10-20/h5-6,8,11-13H,7,9-10,18H2,1-4H3. The molecule has 2 rings (SSSR count). The summed E-state index contributed by atoms with van der Waals surface area (Å²) in [4.78, 5) is 4.76. The van der Waals surface area contributed by atoms with Gasteiger partial charge in [-0.3, -0.25) is 4.90 Å². The summed E-state index contributed by atoms with van der Waals surface area (Å²) in [5, 5.41) is 0. The first-order valence-electron chi connectivity index (χ1n) is 7.39. The molecule has 2 N–H and O–H groups in total. The van der Waals surface area contributed by atoms with Crippen molar-refractivity contribution in [3.05, 3.63) is 29.6 Å². The zero-order chi connectivity index (χ0) is 14.9. The average Bonchev–Trinajstić information content (AvgIpc) is 2.35. The number of hydrogen-bond donors (Lipinski definition) is 1. The number of halogens is 1. The smallest absolute Gasteiger partial charge is 0.123 e. The molecule has 112 valence electrons. The van der Waals surface area contributed by atoms with Crippen LogP contribution in [0.1, 0.15) is 26.3 Å². The molecule has 3 unspecified atom stereocenters. The molecule has 1 heterocycles. The Morgan fingerprint density at radius 3 is 2.45 bits per heavy atom. The molecule has 3 nitrogen and oxygen atoms in total. The van der Waals surface area contributed by atoms with Gasteiger partial charge in [-0.05, 0) is 58.0 Å². The van der Waals surface area contributed by atoms with E-state index in [4.69, 9.17) is 5.73 Å². The number of anilines is 1. The van der Waals surface area contributed by atoms with Crippen LogP contribution in [0.3, 0.4) is 0 Å². The number of piperazine rings is 1. The van der Waals surface area contributed by atoms with Gasteiger partial charge in [0.25, 0.3) is 0 Å². The minimum atomic E-state index is -0.181. The van der Waals surface area contributed by atoms with E-state index in [-0.39, 0.29) is 11.9 Å². The molecule has 0 aliphatic carbocycles. The molecule has 1 aromatic rings. The van der Waals surface area contributed by atoms with Crippen LogP contribution in [0, 0.1) is 5.82 Å². The van der Waals surface area contributed by atoms with Crippen molar-refractivity contribution in [1.29, 1.82) is 0 Å². The van der Waals surface area contributed by atoms with E-state index >= 15 is 0 Å². The second-order valence-electron chi connectivity index (χ2n) is 6.22. The lowest BCUT2D eigenvalue weighted by atomic mass is 10.0. The molecule has 1 aliphatic rings. The zero-order valence-electron chi connectivity index (χ0n) is 12.9. The normalized spacial score (nSPS) is 25.8. The van der Waals surface area contributed by atoms with E-state index in [1.807, 2.05) is 13.0 Å². The van der Waals surface area contributed by atoms with Gasteiger partial charge in [0.2, 0.25) is 0 Å². The van der Waals surface area contributed by atoms with Gasteiger partial charge in [0, 0.05) is 36.9 Å². The van der Waals surface area contributed by atoms with E-state index in [1.165, 1.54) is 0 Å². The van der Waals surface area contributed by atoms with Gasteiger partial charge in [-0.25, -0.2) is 4.39 Å². The number of hydrogen-bond acceptors (Lipinski definition) is 3. The maximum absolute atomic E-state index is 13.5. The molecule has 3 atom stereocenters. The summed E-state index contributed by atoms with van der Waals surface area (Å²) in [6.45, 7) is 8.37. The van der Waals surface area contributed by atoms with Crippen molar-refractivity contribution in [2.45, 2.75) is 45.3 Å². The number of likely N-dealkylation sites (N-methyl/N-ethyl adjacent to an activating group) is 1. The Balaban J connectivity index is 2.27. The van der Waals surface area contributed by atoms with Gasteiger partial charge in [-0.1, -0.05) is 0 Å². The molecule has 0 amide bonds. The monoisotopic (exact) mass is 279 g/mol. The molecule has 1 saturated heterocycles. The van der Waals surface area contributed by atoms with E-state index in [9.17, 15) is 4.39 Å². The van der Waals surface area contributed by atoms with Gasteiger partial charge in [-0.2, -0.15) is 0 Å². The van der Waals surface area contributed by atoms with E-state index in [0.29, 0.717) is 18.5 Å². The number of nitrogens with zero attached hydrogens (tertiary/aromatic N) is 2. The summed E-state index contributed by atoms with van der Waals surface area (Å²) >= 11 is 0. The van der Waals surface area contributed by atoms with Crippen molar-refractivity contribution in [2.24, 2.45) is 5.73 Å². The molecule has 0 saturated carbocycles. The summed E-state index contributed by atoms with van der Waals surface area (Å²) in [6, 6.07) is 6.11. The van der Waals surface area contributed by atoms with Crippen LogP contribution < -0.4 is 10.6 Å². The fraction of sp³-hybridized carbons (Fsp3) is 0.625. The number of nitrogens with two attached hydrogens (primary N) is 1. The lowest BCUT2D eigenvalue weighted by Crippen LogP contribution is -2.55. The van der Waals surface area contributed by atoms with Crippen molar-refractivity contribution in [2.75, 3.05) is 25.0 Å². The lowest BCUT2D eigenvalue weighted by Gasteiger charge is -2.44. The Kier molecular flexibility index (Phi) is 4.66. The Bertz CT molecular complexity index is 449. The molecule has 1 fully saturated rings. The predicted octanol–water partition coefficient (Wildman–Crippen LogP) is 2.24. The summed E-state index contributed by atoms with van der Waals surface area (Å²) in [7, 11) is 2.17. The first kappa shape index (κ1) is 15.3. The summed E-state index contributed by atoms with van der Waals surface area (Å²) in [5.74, 6) is -0.181. The molecule has 4 heteroatoms. The summed E-state index contributed by atoms with van der Waals surface area (Å²) < 4.78 is 13.5. The molecule has 0 bridgehead atoms. The third-order valence-electron chi connectivity index (χ3n) is 4.28. The SMILES string of the molecule is CC(N)Cc1cc(F)ccc1N1CC(C)N(C)C(C)C1. The number of rotatable bonds is 3. The second-order valence-corrected chi connectivity index (χ2v) is 6.22. The van der Waals surface area contributed by atoms with E-state index in [1.54, 1.807) is 12.1 Å². The van der Waals surface area contributed by atoms with Gasteiger partial charge >= 0.3 is 0 Å². The second kappa shape index (κ2) is 6.10. The van der Waals surface area contributed by atoms with Crippen LogP contribution in [-0.2, 0) is 6.42 Å². The van der Waals surface area contributed by atoms with Crippen LogP contribution in [-0.4, -0.2) is 43.2 Å². The van der Waals surface area contributed by atoms with Crippen LogP contribution in [0.2, 0.25) is 0 Å². The third-order valence-corrected chi connectivity index (χ3v) is 4.28. The highest BCUT2D eigenvalue weighted by molar-refractivity contribution is 5.55. The maximum atomic E-state index is 13.5. The molecule has 0 radical (unpaired) electrons. The molecule has 0 spiro atoms. The quantitative estimate of drug-likeness (QED) is 0.921. The first-order chi connectivity index (χ1) is 9.38. The summed E-state index contributed by atoms with van der Waals surface area (Å²) in [5.41, 5.74) is 8.05. The van der Waals surface area contributed by atoms with Gasteiger partial charge in [0.15, 0.2) is 0 Å². The van der Waals surface area contributed by atoms with Crippen LogP contribution >= 0.6 is 0 Å².